The molecule has 0 bridgehead atoms. The van der Waals surface area contributed by atoms with E-state index in [4.69, 9.17) is 9.97 Å². The van der Waals surface area contributed by atoms with Gasteiger partial charge in [0.1, 0.15) is 0 Å². The van der Waals surface area contributed by atoms with Crippen LogP contribution in [-0.2, 0) is 40.3 Å². The van der Waals surface area contributed by atoms with Crippen LogP contribution >= 0.6 is 0 Å². The lowest BCUT2D eigenvalue weighted by Gasteiger charge is -2.35. The van der Waals surface area contributed by atoms with Gasteiger partial charge in [0.2, 0.25) is 11.9 Å². The Balaban J connectivity index is 1.06. The van der Waals surface area contributed by atoms with Crippen molar-refractivity contribution in [2.24, 2.45) is 14.1 Å². The largest absolute Gasteiger partial charge is 0.340 e. The molecule has 0 amide bonds. The van der Waals surface area contributed by atoms with Crippen LogP contribution < -0.4 is 32.3 Å². The van der Waals surface area contributed by atoms with Crippen LogP contribution in [-0.4, -0.2) is 100 Å². The van der Waals surface area contributed by atoms with E-state index in [1.807, 2.05) is 21.3 Å². The Hall–Kier alpha value is -5.74. The van der Waals surface area contributed by atoms with Gasteiger partial charge in [-0.1, -0.05) is 60.7 Å². The molecule has 16 nitrogen and oxygen atoms in total. The Morgan fingerprint density at radius 2 is 0.925 bits per heavy atom. The van der Waals surface area contributed by atoms with Gasteiger partial charge in [-0.3, -0.25) is 38.5 Å². The molecule has 0 radical (unpaired) electrons. The third-order valence-electron chi connectivity index (χ3n) is 10.5. The van der Waals surface area contributed by atoms with Gasteiger partial charge in [0.15, 0.2) is 22.3 Å². The van der Waals surface area contributed by atoms with E-state index in [1.165, 1.54) is 20.3 Å². The van der Waals surface area contributed by atoms with E-state index in [1.54, 1.807) is 14.1 Å². The molecule has 276 valence electrons. The van der Waals surface area contributed by atoms with Gasteiger partial charge in [0, 0.05) is 92.6 Å². The molecule has 0 aliphatic carbocycles. The molecule has 0 saturated carbocycles. The fraction of sp³-hybridized carbons (Fsp3) is 0.405. The van der Waals surface area contributed by atoms with E-state index in [-0.39, 0.29) is 0 Å². The second-order valence-corrected chi connectivity index (χ2v) is 14.0. The van der Waals surface area contributed by atoms with E-state index in [2.05, 4.69) is 78.1 Å². The average molecular weight is 721 g/mol. The molecule has 2 aliphatic rings. The lowest BCUT2D eigenvalue weighted by Crippen LogP contribution is -2.47. The topological polar surface area (TPSA) is 158 Å². The molecule has 16 heteroatoms. The number of hydrogen-bond acceptors (Lipinski definition) is 10. The number of rotatable bonds is 10. The number of imidazole rings is 2. The van der Waals surface area contributed by atoms with Crippen molar-refractivity contribution in [3.63, 3.8) is 0 Å². The maximum atomic E-state index is 13.3. The van der Waals surface area contributed by atoms with E-state index >= 15 is 0 Å². The number of aryl methyl sites for hydroxylation is 4. The molecule has 2 aliphatic heterocycles. The second-order valence-electron chi connectivity index (χ2n) is 14.0. The summed E-state index contributed by atoms with van der Waals surface area (Å²) >= 11 is 0. The van der Waals surface area contributed by atoms with Gasteiger partial charge >= 0.3 is 11.4 Å². The van der Waals surface area contributed by atoms with Crippen LogP contribution in [0.3, 0.4) is 0 Å². The first-order valence-corrected chi connectivity index (χ1v) is 18.2. The smallest absolute Gasteiger partial charge is 0.329 e. The number of hydrogen-bond donors (Lipinski definition) is 2. The Bertz CT molecular complexity index is 2310. The number of benzene rings is 2. The van der Waals surface area contributed by atoms with Crippen LogP contribution in [0.25, 0.3) is 22.3 Å². The van der Waals surface area contributed by atoms with Crippen molar-refractivity contribution >= 4 is 34.2 Å². The molecule has 8 rings (SSSR count). The number of piperazine rings is 2. The van der Waals surface area contributed by atoms with Crippen LogP contribution in [0.1, 0.15) is 17.5 Å². The summed E-state index contributed by atoms with van der Waals surface area (Å²) in [4.78, 5) is 75.7. The number of fused-ring (bicyclic) bond motifs is 2. The molecule has 2 N–H and O–H groups in total. The standard InChI is InChI=1S/C37H44N12O4/c1-42-30-28(32(50)40-36(42)52)48(34(38-30)46-20-16-44(17-21-46)24-26-10-5-3-6-11-26)14-9-15-49-29-31(43(2)37(53)41-33(29)51)39-35(49)47-22-18-45(19-23-47)25-27-12-7-4-8-13-27/h3-8,10-13H,9,14-25H2,1-2H3,(H,40,50,52)(H,41,51,53). The SMILES string of the molecule is Cn1c(=O)[nH]c(=O)c2c1nc(N1CCN(Cc3ccccc3)CC1)n2CCCn1c(N2CCN(Cc3ccccc3)CC2)nc2c1c(=O)[nH]c(=O)n2C. The van der Waals surface area contributed by atoms with Gasteiger partial charge in [-0.05, 0) is 17.5 Å². The Morgan fingerprint density at radius 3 is 1.30 bits per heavy atom. The van der Waals surface area contributed by atoms with Gasteiger partial charge in [-0.25, -0.2) is 9.59 Å². The van der Waals surface area contributed by atoms with Crippen LogP contribution in [0.4, 0.5) is 11.9 Å². The van der Waals surface area contributed by atoms with Gasteiger partial charge < -0.3 is 18.9 Å². The summed E-state index contributed by atoms with van der Waals surface area (Å²) in [6.07, 6.45) is 0.517. The van der Waals surface area contributed by atoms with E-state index in [0.717, 1.165) is 39.3 Å². The number of nitrogens with one attached hydrogen (secondary N) is 2. The third kappa shape index (κ3) is 6.70. The van der Waals surface area contributed by atoms with Gasteiger partial charge in [0.05, 0.1) is 0 Å². The molecule has 6 heterocycles. The molecule has 53 heavy (non-hydrogen) atoms. The maximum Gasteiger partial charge on any atom is 0.329 e. The highest BCUT2D eigenvalue weighted by Gasteiger charge is 2.27. The average Bonchev–Trinajstić information content (AvgIpc) is 3.75. The zero-order chi connectivity index (χ0) is 36.6. The van der Waals surface area contributed by atoms with Gasteiger partial charge in [-0.2, -0.15) is 9.97 Å². The summed E-state index contributed by atoms with van der Waals surface area (Å²) < 4.78 is 6.56. The fourth-order valence-electron chi connectivity index (χ4n) is 7.63. The summed E-state index contributed by atoms with van der Waals surface area (Å²) in [6, 6.07) is 20.8. The molecule has 2 aromatic carbocycles. The quantitative estimate of drug-likeness (QED) is 0.208. The lowest BCUT2D eigenvalue weighted by atomic mass is 10.2. The van der Waals surface area contributed by atoms with Crippen LogP contribution in [0.2, 0.25) is 0 Å². The predicted octanol–water partition coefficient (Wildman–Crippen LogP) is 0.895. The fourth-order valence-corrected chi connectivity index (χ4v) is 7.63. The third-order valence-corrected chi connectivity index (χ3v) is 10.5. The van der Waals surface area contributed by atoms with E-state index in [0.29, 0.717) is 79.9 Å². The summed E-state index contributed by atoms with van der Waals surface area (Å²) in [6.45, 7) is 8.59. The van der Waals surface area contributed by atoms with Crippen molar-refractivity contribution in [3.05, 3.63) is 113 Å². The van der Waals surface area contributed by atoms with Crippen LogP contribution in [0, 0.1) is 0 Å². The molecule has 2 fully saturated rings. The monoisotopic (exact) mass is 720 g/mol. The minimum Gasteiger partial charge on any atom is -0.340 e. The molecule has 0 unspecified atom stereocenters. The number of H-pyrrole nitrogens is 2. The van der Waals surface area contributed by atoms with Crippen molar-refractivity contribution in [3.8, 4) is 0 Å². The minimum absolute atomic E-state index is 0.328. The zero-order valence-electron chi connectivity index (χ0n) is 30.1. The van der Waals surface area contributed by atoms with Crippen molar-refractivity contribution in [1.82, 2.24) is 48.0 Å². The number of aromatic nitrogens is 8. The van der Waals surface area contributed by atoms with Crippen molar-refractivity contribution < 1.29 is 0 Å². The first-order chi connectivity index (χ1) is 25.7. The van der Waals surface area contributed by atoms with Crippen molar-refractivity contribution in [2.75, 3.05) is 62.2 Å². The first kappa shape index (κ1) is 34.4. The molecule has 4 aromatic heterocycles. The molecule has 0 atom stereocenters. The summed E-state index contributed by atoms with van der Waals surface area (Å²) in [7, 11) is 3.22. The second kappa shape index (κ2) is 14.4. The molecular formula is C37H44N12O4. The predicted molar refractivity (Wildman–Crippen MR) is 204 cm³/mol. The van der Waals surface area contributed by atoms with E-state index in [9.17, 15) is 19.2 Å². The van der Waals surface area contributed by atoms with E-state index < -0.39 is 22.5 Å². The Kier molecular flexibility index (Phi) is 9.30. The highest BCUT2D eigenvalue weighted by atomic mass is 16.2. The summed E-state index contributed by atoms with van der Waals surface area (Å²) in [5.41, 5.74) is 1.82. The number of anilines is 2. The maximum absolute atomic E-state index is 13.3. The van der Waals surface area contributed by atoms with Crippen molar-refractivity contribution in [2.45, 2.75) is 32.6 Å². The van der Waals surface area contributed by atoms with Gasteiger partial charge in [0.25, 0.3) is 11.1 Å². The Labute approximate surface area is 304 Å². The molecule has 6 aromatic rings. The minimum atomic E-state index is -0.519. The number of aromatic amines is 2. The lowest BCUT2D eigenvalue weighted by molar-refractivity contribution is 0.247. The normalized spacial score (nSPS) is 16.0. The Morgan fingerprint density at radius 1 is 0.547 bits per heavy atom. The van der Waals surface area contributed by atoms with Crippen LogP contribution in [0.15, 0.2) is 79.8 Å². The molecular weight excluding hydrogens is 676 g/mol. The highest BCUT2D eigenvalue weighted by molar-refractivity contribution is 5.75. The molecule has 0 spiro atoms. The van der Waals surface area contributed by atoms with Crippen LogP contribution in [0.5, 0.6) is 0 Å². The molecule has 2 saturated heterocycles. The van der Waals surface area contributed by atoms with Crippen molar-refractivity contribution in [1.29, 1.82) is 0 Å². The first-order valence-electron chi connectivity index (χ1n) is 18.2. The zero-order valence-corrected chi connectivity index (χ0v) is 30.1. The highest BCUT2D eigenvalue weighted by Crippen LogP contribution is 2.25. The summed E-state index contributed by atoms with van der Waals surface area (Å²) in [5, 5.41) is 0. The summed E-state index contributed by atoms with van der Waals surface area (Å²) in [5.74, 6) is 1.27. The number of nitrogens with zero attached hydrogens (tertiary/aromatic N) is 10. The van der Waals surface area contributed by atoms with Gasteiger partial charge in [-0.15, -0.1) is 0 Å².